The zero-order chi connectivity index (χ0) is 13.0. The van der Waals surface area contributed by atoms with Crippen molar-refractivity contribution in [1.82, 2.24) is 20.2 Å². The molecule has 2 heterocycles. The Balaban J connectivity index is 2.13. The highest BCUT2D eigenvalue weighted by molar-refractivity contribution is 8.13. The van der Waals surface area contributed by atoms with Gasteiger partial charge in [-0.25, -0.2) is 9.97 Å². The average Bonchev–Trinajstić information content (AvgIpc) is 2.73. The monoisotopic (exact) mass is 280 g/mol. The molecule has 2 rings (SSSR count). The SMILES string of the molecule is CC(=O)SCCC#Cc1[nH]nc2ncnc(Cl)c12. The summed E-state index contributed by atoms with van der Waals surface area (Å²) in [7, 11) is 0. The highest BCUT2D eigenvalue weighted by Gasteiger charge is 2.08. The zero-order valence-corrected chi connectivity index (χ0v) is 11.1. The van der Waals surface area contributed by atoms with Crippen LogP contribution >= 0.6 is 23.4 Å². The molecule has 0 saturated carbocycles. The Hall–Kier alpha value is -1.58. The molecule has 0 aromatic carbocycles. The summed E-state index contributed by atoms with van der Waals surface area (Å²) in [4.78, 5) is 18.6. The van der Waals surface area contributed by atoms with Crippen molar-refractivity contribution in [3.8, 4) is 11.8 Å². The third-order valence-corrected chi connectivity index (χ3v) is 3.15. The molecule has 0 aliphatic heterocycles. The van der Waals surface area contributed by atoms with Crippen LogP contribution in [0.4, 0.5) is 0 Å². The Morgan fingerprint density at radius 2 is 2.39 bits per heavy atom. The number of rotatable bonds is 2. The molecule has 2 aromatic rings. The summed E-state index contributed by atoms with van der Waals surface area (Å²) in [5.41, 5.74) is 1.10. The van der Waals surface area contributed by atoms with E-state index in [2.05, 4.69) is 32.0 Å². The Kier molecular flexibility index (Phi) is 4.18. The van der Waals surface area contributed by atoms with Gasteiger partial charge < -0.3 is 0 Å². The molecule has 0 fully saturated rings. The van der Waals surface area contributed by atoms with Crippen molar-refractivity contribution >= 4 is 39.5 Å². The van der Waals surface area contributed by atoms with Crippen LogP contribution in [0.1, 0.15) is 19.0 Å². The molecule has 1 N–H and O–H groups in total. The first-order valence-electron chi connectivity index (χ1n) is 5.15. The highest BCUT2D eigenvalue weighted by Crippen LogP contribution is 2.20. The van der Waals surface area contributed by atoms with Crippen LogP contribution in [0, 0.1) is 11.8 Å². The molecule has 7 heteroatoms. The first kappa shape index (κ1) is 12.9. The summed E-state index contributed by atoms with van der Waals surface area (Å²) in [6.07, 6.45) is 1.97. The Bertz CT molecular complexity index is 643. The van der Waals surface area contributed by atoms with Crippen molar-refractivity contribution in [2.24, 2.45) is 0 Å². The van der Waals surface area contributed by atoms with E-state index >= 15 is 0 Å². The molecule has 0 radical (unpaired) electrons. The molecule has 0 amide bonds. The lowest BCUT2D eigenvalue weighted by Gasteiger charge is -1.90. The summed E-state index contributed by atoms with van der Waals surface area (Å²) < 4.78 is 0. The topological polar surface area (TPSA) is 71.5 Å². The fourth-order valence-electron chi connectivity index (χ4n) is 1.31. The van der Waals surface area contributed by atoms with Crippen molar-refractivity contribution < 1.29 is 4.79 Å². The molecule has 5 nitrogen and oxygen atoms in total. The molecule has 0 bridgehead atoms. The van der Waals surface area contributed by atoms with Crippen LogP contribution in [0.25, 0.3) is 11.0 Å². The smallest absolute Gasteiger partial charge is 0.186 e. The van der Waals surface area contributed by atoms with Gasteiger partial charge in [0.15, 0.2) is 10.8 Å². The molecule has 0 saturated heterocycles. The van der Waals surface area contributed by atoms with E-state index < -0.39 is 0 Å². The van der Waals surface area contributed by atoms with Crippen molar-refractivity contribution in [3.05, 3.63) is 17.2 Å². The van der Waals surface area contributed by atoms with E-state index in [1.54, 1.807) is 0 Å². The van der Waals surface area contributed by atoms with Crippen LogP contribution in [-0.4, -0.2) is 31.0 Å². The van der Waals surface area contributed by atoms with Crippen LogP contribution in [0.15, 0.2) is 6.33 Å². The number of H-pyrrole nitrogens is 1. The number of halogens is 1. The van der Waals surface area contributed by atoms with Gasteiger partial charge in [0, 0.05) is 19.1 Å². The van der Waals surface area contributed by atoms with Gasteiger partial charge >= 0.3 is 0 Å². The quantitative estimate of drug-likeness (QED) is 0.518. The standard InChI is InChI=1S/C11H9ClN4OS/c1-7(17)18-5-3-2-4-8-9-10(12)13-6-14-11(9)16-15-8/h6H,3,5H2,1H3,(H,13,14,15,16). The molecule has 0 atom stereocenters. The summed E-state index contributed by atoms with van der Waals surface area (Å²) >= 11 is 7.21. The second-order valence-corrected chi connectivity index (χ2v) is 4.98. The number of nitrogens with one attached hydrogen (secondary N) is 1. The summed E-state index contributed by atoms with van der Waals surface area (Å²) in [5.74, 6) is 6.56. The second-order valence-electron chi connectivity index (χ2n) is 3.35. The van der Waals surface area contributed by atoms with Gasteiger partial charge in [-0.05, 0) is 5.92 Å². The van der Waals surface area contributed by atoms with Crippen molar-refractivity contribution in [3.63, 3.8) is 0 Å². The Morgan fingerprint density at radius 1 is 1.56 bits per heavy atom. The maximum Gasteiger partial charge on any atom is 0.186 e. The third-order valence-electron chi connectivity index (χ3n) is 2.05. The lowest BCUT2D eigenvalue weighted by molar-refractivity contribution is -0.109. The number of carbonyl (C=O) groups is 1. The molecular formula is C11H9ClN4OS. The maximum atomic E-state index is 10.7. The van der Waals surface area contributed by atoms with Gasteiger partial charge in [0.1, 0.15) is 17.2 Å². The summed E-state index contributed by atoms with van der Waals surface area (Å²) in [6.45, 7) is 1.54. The first-order chi connectivity index (χ1) is 8.68. The van der Waals surface area contributed by atoms with Crippen LogP contribution in [-0.2, 0) is 4.79 Å². The van der Waals surface area contributed by atoms with Gasteiger partial charge in [-0.3, -0.25) is 9.89 Å². The van der Waals surface area contributed by atoms with Crippen LogP contribution in [0.5, 0.6) is 0 Å². The predicted molar refractivity (Wildman–Crippen MR) is 71.3 cm³/mol. The molecule has 92 valence electrons. The minimum atomic E-state index is 0.0974. The van der Waals surface area contributed by atoms with E-state index in [1.165, 1.54) is 25.0 Å². The van der Waals surface area contributed by atoms with Crippen molar-refractivity contribution in [2.45, 2.75) is 13.3 Å². The summed E-state index contributed by atoms with van der Waals surface area (Å²) in [5, 5.41) is 7.81. The summed E-state index contributed by atoms with van der Waals surface area (Å²) in [6, 6.07) is 0. The number of aromatic nitrogens is 4. The number of aromatic amines is 1. The molecular weight excluding hydrogens is 272 g/mol. The number of carbonyl (C=O) groups excluding carboxylic acids is 1. The minimum absolute atomic E-state index is 0.0974. The molecule has 0 unspecified atom stereocenters. The fraction of sp³-hybridized carbons (Fsp3) is 0.273. The third kappa shape index (κ3) is 3.00. The van der Waals surface area contributed by atoms with E-state index in [1.807, 2.05) is 0 Å². The van der Waals surface area contributed by atoms with E-state index in [0.717, 1.165) is 0 Å². The van der Waals surface area contributed by atoms with Gasteiger partial charge in [-0.15, -0.1) is 0 Å². The van der Waals surface area contributed by atoms with E-state index in [9.17, 15) is 4.79 Å². The van der Waals surface area contributed by atoms with Gasteiger partial charge in [-0.2, -0.15) is 5.10 Å². The van der Waals surface area contributed by atoms with Crippen molar-refractivity contribution in [1.29, 1.82) is 0 Å². The zero-order valence-electron chi connectivity index (χ0n) is 9.53. The molecule has 0 aliphatic rings. The average molecular weight is 281 g/mol. The molecule has 0 spiro atoms. The number of hydrogen-bond donors (Lipinski definition) is 1. The Labute approximate surface area is 113 Å². The molecule has 0 aliphatic carbocycles. The van der Waals surface area contributed by atoms with Gasteiger partial charge in [0.05, 0.1) is 5.39 Å². The lowest BCUT2D eigenvalue weighted by atomic mass is 10.3. The fourth-order valence-corrected chi connectivity index (χ4v) is 2.02. The first-order valence-corrected chi connectivity index (χ1v) is 6.51. The largest absolute Gasteiger partial charge is 0.288 e. The lowest BCUT2D eigenvalue weighted by Crippen LogP contribution is -1.85. The van der Waals surface area contributed by atoms with Gasteiger partial charge in [0.25, 0.3) is 0 Å². The minimum Gasteiger partial charge on any atom is -0.288 e. The maximum absolute atomic E-state index is 10.7. The van der Waals surface area contributed by atoms with Gasteiger partial charge in [0.2, 0.25) is 0 Å². The van der Waals surface area contributed by atoms with E-state index in [0.29, 0.717) is 34.1 Å². The predicted octanol–water partition coefficient (Wildman–Crippen LogP) is 2.03. The number of hydrogen-bond acceptors (Lipinski definition) is 5. The Morgan fingerprint density at radius 3 is 3.17 bits per heavy atom. The molecule has 18 heavy (non-hydrogen) atoms. The van der Waals surface area contributed by atoms with Crippen molar-refractivity contribution in [2.75, 3.05) is 5.75 Å². The van der Waals surface area contributed by atoms with Crippen LogP contribution in [0.2, 0.25) is 5.15 Å². The van der Waals surface area contributed by atoms with Crippen LogP contribution < -0.4 is 0 Å². The number of nitrogens with zero attached hydrogens (tertiary/aromatic N) is 3. The molecule has 2 aromatic heterocycles. The number of thioether (sulfide) groups is 1. The van der Waals surface area contributed by atoms with E-state index in [4.69, 9.17) is 11.6 Å². The van der Waals surface area contributed by atoms with E-state index in [-0.39, 0.29) is 5.12 Å². The van der Waals surface area contributed by atoms with Crippen LogP contribution in [0.3, 0.4) is 0 Å². The normalized spacial score (nSPS) is 10.1. The highest BCUT2D eigenvalue weighted by atomic mass is 35.5. The van der Waals surface area contributed by atoms with Gasteiger partial charge in [-0.1, -0.05) is 29.3 Å². The second kappa shape index (κ2) is 5.85. The number of fused-ring (bicyclic) bond motifs is 1.